The quantitative estimate of drug-likeness (QED) is 0.449. The van der Waals surface area contributed by atoms with Crippen molar-refractivity contribution in [3.05, 3.63) is 60.2 Å². The van der Waals surface area contributed by atoms with Gasteiger partial charge in [-0.15, -0.1) is 0 Å². The highest BCUT2D eigenvalue weighted by Crippen LogP contribution is 2.27. The Morgan fingerprint density at radius 2 is 1.67 bits per heavy atom. The van der Waals surface area contributed by atoms with Crippen molar-refractivity contribution in [3.8, 4) is 0 Å². The van der Waals surface area contributed by atoms with Crippen LogP contribution < -0.4 is 16.0 Å². The summed E-state index contributed by atoms with van der Waals surface area (Å²) in [5.74, 6) is -1.20. The topological polar surface area (TPSA) is 119 Å². The van der Waals surface area contributed by atoms with E-state index in [1.807, 2.05) is 61.5 Å². The van der Waals surface area contributed by atoms with Crippen molar-refractivity contribution in [2.45, 2.75) is 38.0 Å². The Kier molecular flexibility index (Phi) is 8.30. The number of hydrogen-bond acceptors (Lipinski definition) is 6. The van der Waals surface area contributed by atoms with Gasteiger partial charge in [0.2, 0.25) is 0 Å². The number of likely N-dealkylation sites (N-methyl/N-ethyl adjacent to an activating group) is 1. The van der Waals surface area contributed by atoms with Crippen molar-refractivity contribution in [2.24, 2.45) is 5.92 Å². The van der Waals surface area contributed by atoms with Crippen LogP contribution in [-0.2, 0) is 9.59 Å². The number of aliphatic hydroxyl groups excluding tert-OH is 2. The minimum atomic E-state index is -1.83. The van der Waals surface area contributed by atoms with Crippen LogP contribution in [0.15, 0.2) is 54.6 Å². The molecule has 8 heteroatoms. The number of nitrogens with one attached hydrogen (secondary N) is 1. The van der Waals surface area contributed by atoms with Gasteiger partial charge >= 0.3 is 0 Å². The van der Waals surface area contributed by atoms with E-state index in [4.69, 9.17) is 5.73 Å². The molecule has 8 nitrogen and oxygen atoms in total. The molecule has 0 aromatic heterocycles. The molecule has 2 aromatic rings. The van der Waals surface area contributed by atoms with Gasteiger partial charge in [-0.2, -0.15) is 0 Å². The summed E-state index contributed by atoms with van der Waals surface area (Å²) < 4.78 is 0. The second kappa shape index (κ2) is 11.2. The predicted octanol–water partition coefficient (Wildman–Crippen LogP) is 1.54. The molecule has 33 heavy (non-hydrogen) atoms. The summed E-state index contributed by atoms with van der Waals surface area (Å²) in [6, 6.07) is 16.8. The molecule has 3 rings (SSSR count). The maximum atomic E-state index is 12.6. The van der Waals surface area contributed by atoms with Crippen LogP contribution in [0.5, 0.6) is 0 Å². The first-order valence-corrected chi connectivity index (χ1v) is 11.3. The second-order valence-corrected chi connectivity index (χ2v) is 8.66. The molecular weight excluding hydrogens is 420 g/mol. The van der Waals surface area contributed by atoms with Gasteiger partial charge in [-0.25, -0.2) is 0 Å². The van der Waals surface area contributed by atoms with Gasteiger partial charge in [-0.1, -0.05) is 42.5 Å². The molecule has 5 N–H and O–H groups in total. The lowest BCUT2D eigenvalue weighted by Crippen LogP contribution is -2.51. The third-order valence-electron chi connectivity index (χ3n) is 6.49. The van der Waals surface area contributed by atoms with Gasteiger partial charge in [0.15, 0.2) is 12.2 Å². The lowest BCUT2D eigenvalue weighted by Gasteiger charge is -2.34. The number of aliphatic hydroxyl groups is 2. The molecule has 1 saturated heterocycles. The Morgan fingerprint density at radius 1 is 1.06 bits per heavy atom. The van der Waals surface area contributed by atoms with Gasteiger partial charge in [0.1, 0.15) is 0 Å². The standard InChI is InChI=1S/C25H34N4O4/c1-17(19-8-4-3-5-9-19)28(2)25(33)23(31)22(30)24(32)27-16-18-12-14-29(15-13-18)21-11-7-6-10-20(21)26/h3-11,17-18,22-23,30-31H,12-16,26H2,1-2H3,(H,27,32)/t17-,22-,23-/m1/s1. The smallest absolute Gasteiger partial charge is 0.254 e. The zero-order valence-corrected chi connectivity index (χ0v) is 19.2. The van der Waals surface area contributed by atoms with Crippen molar-refractivity contribution >= 4 is 23.2 Å². The number of carbonyl (C=O) groups excluding carboxylic acids is 2. The minimum absolute atomic E-state index is 0.246. The molecule has 0 saturated carbocycles. The van der Waals surface area contributed by atoms with Crippen molar-refractivity contribution < 1.29 is 19.8 Å². The second-order valence-electron chi connectivity index (χ2n) is 8.66. The lowest BCUT2D eigenvalue weighted by atomic mass is 9.96. The largest absolute Gasteiger partial charge is 0.397 e. The summed E-state index contributed by atoms with van der Waals surface area (Å²) in [7, 11) is 1.54. The van der Waals surface area contributed by atoms with Crippen LogP contribution in [-0.4, -0.2) is 65.8 Å². The van der Waals surface area contributed by atoms with E-state index in [0.29, 0.717) is 6.54 Å². The Hall–Kier alpha value is -3.10. The molecule has 178 valence electrons. The normalized spacial score (nSPS) is 17.2. The molecule has 0 spiro atoms. The number of nitrogen functional groups attached to an aromatic ring is 1. The zero-order chi connectivity index (χ0) is 24.0. The van der Waals surface area contributed by atoms with Crippen LogP contribution in [0.3, 0.4) is 0 Å². The van der Waals surface area contributed by atoms with Crippen molar-refractivity contribution in [1.82, 2.24) is 10.2 Å². The van der Waals surface area contributed by atoms with Gasteiger partial charge in [0, 0.05) is 26.7 Å². The first kappa shape index (κ1) is 24.5. The molecule has 1 aliphatic heterocycles. The number of para-hydroxylation sites is 2. The fraction of sp³-hybridized carbons (Fsp3) is 0.440. The average Bonchev–Trinajstić information content (AvgIpc) is 2.86. The SMILES string of the molecule is C[C@H](c1ccccc1)N(C)C(=O)[C@H](O)[C@@H](O)C(=O)NCC1CCN(c2ccccc2N)CC1. The summed E-state index contributed by atoms with van der Waals surface area (Å²) in [6.45, 7) is 3.84. The van der Waals surface area contributed by atoms with Crippen LogP contribution >= 0.6 is 0 Å². The number of anilines is 2. The molecule has 2 aromatic carbocycles. The molecule has 1 aliphatic rings. The fourth-order valence-corrected chi connectivity index (χ4v) is 4.14. The van der Waals surface area contributed by atoms with Crippen LogP contribution in [0.4, 0.5) is 11.4 Å². The van der Waals surface area contributed by atoms with E-state index in [9.17, 15) is 19.8 Å². The number of amides is 2. The number of nitrogens with two attached hydrogens (primary N) is 1. The van der Waals surface area contributed by atoms with Gasteiger partial charge in [-0.05, 0) is 43.4 Å². The average molecular weight is 455 g/mol. The third kappa shape index (κ3) is 6.03. The van der Waals surface area contributed by atoms with Crippen molar-refractivity contribution in [3.63, 3.8) is 0 Å². The van der Waals surface area contributed by atoms with Crippen LogP contribution in [0.2, 0.25) is 0 Å². The first-order valence-electron chi connectivity index (χ1n) is 11.3. The molecule has 2 amide bonds. The number of hydrogen-bond donors (Lipinski definition) is 4. The highest BCUT2D eigenvalue weighted by Gasteiger charge is 2.34. The minimum Gasteiger partial charge on any atom is -0.397 e. The molecule has 3 atom stereocenters. The van der Waals surface area contributed by atoms with E-state index in [-0.39, 0.29) is 12.0 Å². The summed E-state index contributed by atoms with van der Waals surface area (Å²) >= 11 is 0. The Bertz CT molecular complexity index is 931. The van der Waals surface area contributed by atoms with Crippen molar-refractivity contribution in [1.29, 1.82) is 0 Å². The van der Waals surface area contributed by atoms with E-state index in [1.54, 1.807) is 7.05 Å². The van der Waals surface area contributed by atoms with Crippen LogP contribution in [0.25, 0.3) is 0 Å². The third-order valence-corrected chi connectivity index (χ3v) is 6.49. The van der Waals surface area contributed by atoms with Gasteiger partial charge < -0.3 is 31.1 Å². The zero-order valence-electron chi connectivity index (χ0n) is 19.2. The van der Waals surface area contributed by atoms with Crippen LogP contribution in [0, 0.1) is 5.92 Å². The molecule has 1 heterocycles. The maximum Gasteiger partial charge on any atom is 0.254 e. The number of nitrogens with zero attached hydrogens (tertiary/aromatic N) is 2. The van der Waals surface area contributed by atoms with E-state index in [2.05, 4.69) is 10.2 Å². The van der Waals surface area contributed by atoms with E-state index in [0.717, 1.165) is 42.9 Å². The summed E-state index contributed by atoms with van der Waals surface area (Å²) in [5, 5.41) is 23.3. The first-order chi connectivity index (χ1) is 15.8. The van der Waals surface area contributed by atoms with Gasteiger partial charge in [-0.3, -0.25) is 9.59 Å². The predicted molar refractivity (Wildman–Crippen MR) is 128 cm³/mol. The molecule has 0 radical (unpaired) electrons. The molecule has 0 aliphatic carbocycles. The Labute approximate surface area is 195 Å². The molecule has 0 bridgehead atoms. The number of benzene rings is 2. The Morgan fingerprint density at radius 3 is 2.30 bits per heavy atom. The van der Waals surface area contributed by atoms with Gasteiger partial charge in [0.05, 0.1) is 17.4 Å². The van der Waals surface area contributed by atoms with E-state index >= 15 is 0 Å². The Balaban J connectivity index is 1.46. The number of rotatable bonds is 8. The maximum absolute atomic E-state index is 12.6. The number of carbonyl (C=O) groups is 2. The highest BCUT2D eigenvalue weighted by atomic mass is 16.3. The van der Waals surface area contributed by atoms with E-state index < -0.39 is 24.0 Å². The lowest BCUT2D eigenvalue weighted by molar-refractivity contribution is -0.153. The monoisotopic (exact) mass is 454 g/mol. The summed E-state index contributed by atoms with van der Waals surface area (Å²) in [6.07, 6.45) is -1.93. The molecular formula is C25H34N4O4. The number of piperidine rings is 1. The summed E-state index contributed by atoms with van der Waals surface area (Å²) in [5.41, 5.74) is 8.72. The highest BCUT2D eigenvalue weighted by molar-refractivity contribution is 5.90. The molecule has 0 unspecified atom stereocenters. The molecule has 1 fully saturated rings. The van der Waals surface area contributed by atoms with Gasteiger partial charge in [0.25, 0.3) is 11.8 Å². The summed E-state index contributed by atoms with van der Waals surface area (Å²) in [4.78, 5) is 28.6. The van der Waals surface area contributed by atoms with E-state index in [1.165, 1.54) is 4.90 Å². The van der Waals surface area contributed by atoms with Crippen LogP contribution in [0.1, 0.15) is 31.4 Å². The van der Waals surface area contributed by atoms with Crippen molar-refractivity contribution in [2.75, 3.05) is 37.3 Å². The fourth-order valence-electron chi connectivity index (χ4n) is 4.14.